The van der Waals surface area contributed by atoms with Crippen molar-refractivity contribution in [3.05, 3.63) is 35.9 Å². The lowest BCUT2D eigenvalue weighted by Crippen LogP contribution is -2.35. The molecular formula is C15H23N. The van der Waals surface area contributed by atoms with Gasteiger partial charge in [0.05, 0.1) is 0 Å². The molecule has 1 aliphatic rings. The fourth-order valence-corrected chi connectivity index (χ4v) is 2.64. The molecule has 1 saturated heterocycles. The summed E-state index contributed by atoms with van der Waals surface area (Å²) < 4.78 is 0. The first-order valence-electron chi connectivity index (χ1n) is 6.61. The molecule has 0 bridgehead atoms. The Bertz CT molecular complexity index is 294. The minimum Gasteiger partial charge on any atom is -0.303 e. The van der Waals surface area contributed by atoms with Gasteiger partial charge in [0.2, 0.25) is 0 Å². The maximum atomic E-state index is 2.64. The molecular weight excluding hydrogens is 194 g/mol. The fraction of sp³-hybridized carbons (Fsp3) is 0.600. The smallest absolute Gasteiger partial charge is 0.000703 e. The van der Waals surface area contributed by atoms with E-state index in [1.807, 2.05) is 0 Å². The topological polar surface area (TPSA) is 3.24 Å². The molecule has 1 nitrogen and oxygen atoms in total. The van der Waals surface area contributed by atoms with Crippen LogP contribution in [0, 0.1) is 5.92 Å². The van der Waals surface area contributed by atoms with Crippen LogP contribution in [0.15, 0.2) is 30.3 Å². The van der Waals surface area contributed by atoms with E-state index in [9.17, 15) is 0 Å². The summed E-state index contributed by atoms with van der Waals surface area (Å²) >= 11 is 0. The third-order valence-electron chi connectivity index (χ3n) is 3.52. The molecule has 1 aromatic carbocycles. The lowest BCUT2D eigenvalue weighted by molar-refractivity contribution is 0.182. The van der Waals surface area contributed by atoms with Gasteiger partial charge in [-0.1, -0.05) is 37.3 Å². The van der Waals surface area contributed by atoms with E-state index in [1.54, 1.807) is 0 Å². The lowest BCUT2D eigenvalue weighted by Gasteiger charge is -2.30. The molecule has 1 heteroatoms. The molecule has 0 amide bonds. The molecule has 1 heterocycles. The largest absolute Gasteiger partial charge is 0.303 e. The Balaban J connectivity index is 1.68. The summed E-state index contributed by atoms with van der Waals surface area (Å²) in [6.07, 6.45) is 5.35. The highest BCUT2D eigenvalue weighted by Gasteiger charge is 2.15. The average molecular weight is 217 g/mol. The van der Waals surface area contributed by atoms with Gasteiger partial charge in [0, 0.05) is 6.54 Å². The molecule has 0 radical (unpaired) electrons. The van der Waals surface area contributed by atoms with Gasteiger partial charge >= 0.3 is 0 Å². The van der Waals surface area contributed by atoms with E-state index < -0.39 is 0 Å². The second-order valence-electron chi connectivity index (χ2n) is 5.14. The first-order valence-corrected chi connectivity index (χ1v) is 6.61. The predicted molar refractivity (Wildman–Crippen MR) is 69.6 cm³/mol. The zero-order chi connectivity index (χ0) is 11.2. The molecule has 88 valence electrons. The first kappa shape index (κ1) is 11.7. The number of hydrogen-bond donors (Lipinski definition) is 0. The van der Waals surface area contributed by atoms with Crippen LogP contribution >= 0.6 is 0 Å². The molecule has 0 N–H and O–H groups in total. The summed E-state index contributed by atoms with van der Waals surface area (Å²) in [7, 11) is 0. The van der Waals surface area contributed by atoms with Gasteiger partial charge in [-0.05, 0) is 50.3 Å². The van der Waals surface area contributed by atoms with Gasteiger partial charge < -0.3 is 4.90 Å². The first-order chi connectivity index (χ1) is 7.84. The van der Waals surface area contributed by atoms with Crippen LogP contribution in [-0.4, -0.2) is 24.5 Å². The third-order valence-corrected chi connectivity index (χ3v) is 3.52. The Hall–Kier alpha value is -0.820. The molecule has 2 rings (SSSR count). The van der Waals surface area contributed by atoms with E-state index in [-0.39, 0.29) is 0 Å². The number of benzene rings is 1. The van der Waals surface area contributed by atoms with Crippen LogP contribution in [0.5, 0.6) is 0 Å². The minimum atomic E-state index is 0.908. The van der Waals surface area contributed by atoms with E-state index in [0.717, 1.165) is 5.92 Å². The van der Waals surface area contributed by atoms with Crippen molar-refractivity contribution in [2.24, 2.45) is 5.92 Å². The molecule has 0 aliphatic carbocycles. The number of likely N-dealkylation sites (tertiary alicyclic amines) is 1. The molecule has 0 saturated carbocycles. The third kappa shape index (κ3) is 3.64. The van der Waals surface area contributed by atoms with Gasteiger partial charge in [-0.2, -0.15) is 0 Å². The molecule has 1 aliphatic heterocycles. The van der Waals surface area contributed by atoms with Crippen molar-refractivity contribution in [3.8, 4) is 0 Å². The van der Waals surface area contributed by atoms with Crippen LogP contribution in [0.1, 0.15) is 31.7 Å². The quantitative estimate of drug-likeness (QED) is 0.747. The van der Waals surface area contributed by atoms with Crippen molar-refractivity contribution < 1.29 is 0 Å². The van der Waals surface area contributed by atoms with E-state index in [0.29, 0.717) is 0 Å². The number of rotatable bonds is 4. The van der Waals surface area contributed by atoms with Crippen LogP contribution < -0.4 is 0 Å². The van der Waals surface area contributed by atoms with Gasteiger partial charge in [-0.15, -0.1) is 0 Å². The minimum absolute atomic E-state index is 0.908. The second kappa shape index (κ2) is 6.05. The molecule has 1 fully saturated rings. The summed E-state index contributed by atoms with van der Waals surface area (Å²) in [5.41, 5.74) is 1.48. The summed E-state index contributed by atoms with van der Waals surface area (Å²) in [6, 6.07) is 10.8. The number of hydrogen-bond acceptors (Lipinski definition) is 1. The van der Waals surface area contributed by atoms with E-state index >= 15 is 0 Å². The molecule has 0 unspecified atom stereocenters. The van der Waals surface area contributed by atoms with Crippen molar-refractivity contribution >= 4 is 0 Å². The number of aryl methyl sites for hydroxylation is 1. The van der Waals surface area contributed by atoms with Crippen molar-refractivity contribution in [3.63, 3.8) is 0 Å². The summed E-state index contributed by atoms with van der Waals surface area (Å²) in [4.78, 5) is 2.64. The molecule has 0 aromatic heterocycles. The number of nitrogens with zero attached hydrogens (tertiary/aromatic N) is 1. The van der Waals surface area contributed by atoms with Crippen molar-refractivity contribution in [1.82, 2.24) is 4.90 Å². The van der Waals surface area contributed by atoms with Crippen LogP contribution in [0.3, 0.4) is 0 Å². The molecule has 1 atom stereocenters. The van der Waals surface area contributed by atoms with Gasteiger partial charge in [-0.3, -0.25) is 0 Å². The maximum Gasteiger partial charge on any atom is 0.000703 e. The summed E-state index contributed by atoms with van der Waals surface area (Å²) in [5.74, 6) is 0.908. The van der Waals surface area contributed by atoms with Gasteiger partial charge in [0.25, 0.3) is 0 Å². The highest BCUT2D eigenvalue weighted by atomic mass is 15.1. The Morgan fingerprint density at radius 2 is 2.06 bits per heavy atom. The summed E-state index contributed by atoms with van der Waals surface area (Å²) in [6.45, 7) is 6.29. The van der Waals surface area contributed by atoms with Crippen molar-refractivity contribution in [2.75, 3.05) is 19.6 Å². The highest BCUT2D eigenvalue weighted by Crippen LogP contribution is 2.15. The monoisotopic (exact) mass is 217 g/mol. The molecule has 16 heavy (non-hydrogen) atoms. The molecule has 1 aromatic rings. The van der Waals surface area contributed by atoms with E-state index in [1.165, 1.54) is 50.9 Å². The zero-order valence-corrected chi connectivity index (χ0v) is 10.4. The van der Waals surface area contributed by atoms with E-state index in [4.69, 9.17) is 0 Å². The number of piperidine rings is 1. The highest BCUT2D eigenvalue weighted by molar-refractivity contribution is 5.14. The van der Waals surface area contributed by atoms with Crippen LogP contribution in [0.25, 0.3) is 0 Å². The van der Waals surface area contributed by atoms with Gasteiger partial charge in [0.15, 0.2) is 0 Å². The van der Waals surface area contributed by atoms with Crippen LogP contribution in [-0.2, 0) is 6.42 Å². The Labute approximate surface area is 99.5 Å². The second-order valence-corrected chi connectivity index (χ2v) is 5.14. The predicted octanol–water partition coefficient (Wildman–Crippen LogP) is 3.35. The van der Waals surface area contributed by atoms with E-state index in [2.05, 4.69) is 42.2 Å². The fourth-order valence-electron chi connectivity index (χ4n) is 2.64. The van der Waals surface area contributed by atoms with Gasteiger partial charge in [-0.25, -0.2) is 0 Å². The maximum absolute atomic E-state index is 2.64. The normalized spacial score (nSPS) is 22.2. The average Bonchev–Trinajstić information content (AvgIpc) is 2.30. The molecule has 0 spiro atoms. The van der Waals surface area contributed by atoms with Crippen molar-refractivity contribution in [2.45, 2.75) is 32.6 Å². The SMILES string of the molecule is C[C@H]1CCCN(CCCc2ccccc2)C1. The zero-order valence-electron chi connectivity index (χ0n) is 10.4. The van der Waals surface area contributed by atoms with Crippen LogP contribution in [0.2, 0.25) is 0 Å². The Kier molecular flexibility index (Phi) is 4.41. The standard InChI is InChI=1S/C15H23N/c1-14-7-5-11-16(13-14)12-6-10-15-8-3-2-4-9-15/h2-4,8-9,14H,5-7,10-13H2,1H3/t14-/m0/s1. The van der Waals surface area contributed by atoms with Crippen LogP contribution in [0.4, 0.5) is 0 Å². The van der Waals surface area contributed by atoms with Crippen molar-refractivity contribution in [1.29, 1.82) is 0 Å². The Morgan fingerprint density at radius 3 is 2.81 bits per heavy atom. The Morgan fingerprint density at radius 1 is 1.25 bits per heavy atom. The summed E-state index contributed by atoms with van der Waals surface area (Å²) in [5, 5.41) is 0. The van der Waals surface area contributed by atoms with Gasteiger partial charge in [0.1, 0.15) is 0 Å². The lowest BCUT2D eigenvalue weighted by atomic mass is 10.00.